The highest BCUT2D eigenvalue weighted by Gasteiger charge is 2.16. The van der Waals surface area contributed by atoms with Crippen molar-refractivity contribution in [3.8, 4) is 0 Å². The lowest BCUT2D eigenvalue weighted by molar-refractivity contribution is -0.138. The number of benzene rings is 1. The number of carboxylic acid groups (broad SMARTS) is 1. The Kier molecular flexibility index (Phi) is 4.72. The molecule has 5 nitrogen and oxygen atoms in total. The summed E-state index contributed by atoms with van der Waals surface area (Å²) in [6, 6.07) is 3.84. The second kappa shape index (κ2) is 5.62. The molecule has 0 spiro atoms. The first-order valence-corrected chi connectivity index (χ1v) is 5.62. The normalized spacial score (nSPS) is 12.2. The third-order valence-electron chi connectivity index (χ3n) is 2.13. The van der Waals surface area contributed by atoms with Crippen molar-refractivity contribution in [1.82, 2.24) is 0 Å². The summed E-state index contributed by atoms with van der Waals surface area (Å²) in [5.74, 6) is -1.05. The maximum atomic E-state index is 10.6. The number of halogens is 1. The third-order valence-corrected chi connectivity index (χ3v) is 3.14. The second-order valence-electron chi connectivity index (χ2n) is 3.37. The molecule has 0 aliphatic rings. The van der Waals surface area contributed by atoms with Gasteiger partial charge in [-0.25, -0.2) is 0 Å². The monoisotopic (exact) mass is 335 g/mol. The Balaban J connectivity index is 2.87. The van der Waals surface area contributed by atoms with E-state index in [0.717, 1.165) is 9.13 Å². The molecule has 1 aromatic carbocycles. The van der Waals surface area contributed by atoms with E-state index in [1.807, 2.05) is 22.6 Å². The molecule has 1 atom stereocenters. The lowest BCUT2D eigenvalue weighted by Crippen LogP contribution is -2.33. The van der Waals surface area contributed by atoms with Gasteiger partial charge in [0, 0.05) is 3.57 Å². The number of aliphatic carboxylic acids is 1. The summed E-state index contributed by atoms with van der Waals surface area (Å²) >= 11 is 2.01. The van der Waals surface area contributed by atoms with Gasteiger partial charge in [-0.1, -0.05) is 12.1 Å². The smallest absolute Gasteiger partial charge is 0.480 e. The molecule has 0 bridgehead atoms. The van der Waals surface area contributed by atoms with Crippen LogP contribution in [0.4, 0.5) is 0 Å². The van der Waals surface area contributed by atoms with Crippen LogP contribution in [0.25, 0.3) is 0 Å². The molecule has 5 N–H and O–H groups in total. The molecule has 1 aromatic rings. The summed E-state index contributed by atoms with van der Waals surface area (Å²) in [5, 5.41) is 26.6. The Labute approximate surface area is 107 Å². The number of carboxylic acids is 1. The van der Waals surface area contributed by atoms with Gasteiger partial charge in [0.25, 0.3) is 0 Å². The van der Waals surface area contributed by atoms with Crippen LogP contribution in [0.2, 0.25) is 0 Å². The minimum absolute atomic E-state index is 0.218. The van der Waals surface area contributed by atoms with E-state index in [1.165, 1.54) is 6.07 Å². The van der Waals surface area contributed by atoms with Crippen LogP contribution in [0.3, 0.4) is 0 Å². The summed E-state index contributed by atoms with van der Waals surface area (Å²) in [6.45, 7) is 0. The third kappa shape index (κ3) is 3.44. The zero-order valence-electron chi connectivity index (χ0n) is 8.30. The molecule has 0 saturated carbocycles. The van der Waals surface area contributed by atoms with Crippen molar-refractivity contribution in [2.75, 3.05) is 0 Å². The number of carbonyl (C=O) groups is 1. The maximum absolute atomic E-state index is 10.6. The molecule has 0 radical (unpaired) electrons. The minimum atomic E-state index is -1.52. The highest BCUT2D eigenvalue weighted by Crippen LogP contribution is 2.12. The van der Waals surface area contributed by atoms with Gasteiger partial charge in [0.2, 0.25) is 0 Å². The quantitative estimate of drug-likeness (QED) is 0.414. The molecule has 7 heteroatoms. The van der Waals surface area contributed by atoms with Gasteiger partial charge in [-0.3, -0.25) is 4.79 Å². The van der Waals surface area contributed by atoms with Gasteiger partial charge in [-0.2, -0.15) is 0 Å². The van der Waals surface area contributed by atoms with Crippen LogP contribution in [0.5, 0.6) is 0 Å². The fraction of sp³-hybridized carbons (Fsp3) is 0.222. The lowest BCUT2D eigenvalue weighted by atomic mass is 9.80. The predicted molar refractivity (Wildman–Crippen MR) is 68.3 cm³/mol. The van der Waals surface area contributed by atoms with Crippen LogP contribution < -0.4 is 11.2 Å². The molecule has 0 aliphatic carbocycles. The van der Waals surface area contributed by atoms with Crippen LogP contribution in [0.1, 0.15) is 5.56 Å². The summed E-state index contributed by atoms with van der Waals surface area (Å²) in [6.07, 6.45) is 0.218. The first-order valence-electron chi connectivity index (χ1n) is 4.54. The molecule has 86 valence electrons. The zero-order chi connectivity index (χ0) is 12.3. The maximum Gasteiger partial charge on any atom is 0.488 e. The highest BCUT2D eigenvalue weighted by atomic mass is 127. The first-order chi connectivity index (χ1) is 7.41. The molecule has 1 rings (SSSR count). The summed E-state index contributed by atoms with van der Waals surface area (Å²) < 4.78 is 0.764. The van der Waals surface area contributed by atoms with Gasteiger partial charge in [-0.15, -0.1) is 0 Å². The van der Waals surface area contributed by atoms with E-state index in [0.29, 0.717) is 5.46 Å². The molecule has 0 aromatic heterocycles. The van der Waals surface area contributed by atoms with E-state index < -0.39 is 19.1 Å². The molecule has 0 saturated heterocycles. The van der Waals surface area contributed by atoms with Gasteiger partial charge >= 0.3 is 13.1 Å². The molecule has 0 unspecified atom stereocenters. The standard InChI is InChI=1S/C9H11BINO4/c11-7-4-6(10(15)16)2-1-5(7)3-8(12)9(13)14/h1-2,4,8,15-16H,3,12H2,(H,13,14)/t8-/m0/s1. The van der Waals surface area contributed by atoms with Gasteiger partial charge in [0.15, 0.2) is 0 Å². The molecular weight excluding hydrogens is 324 g/mol. The highest BCUT2D eigenvalue weighted by molar-refractivity contribution is 14.1. The topological polar surface area (TPSA) is 104 Å². The minimum Gasteiger partial charge on any atom is -0.480 e. The van der Waals surface area contributed by atoms with Crippen molar-refractivity contribution in [2.24, 2.45) is 5.73 Å². The van der Waals surface area contributed by atoms with Crippen LogP contribution in [0.15, 0.2) is 18.2 Å². The first kappa shape index (κ1) is 13.4. The molecule has 0 heterocycles. The van der Waals surface area contributed by atoms with E-state index in [2.05, 4.69) is 0 Å². The predicted octanol–water partition coefficient (Wildman–Crippen LogP) is -1.07. The summed E-state index contributed by atoms with van der Waals surface area (Å²) in [5.41, 5.74) is 6.56. The Morgan fingerprint density at radius 1 is 1.50 bits per heavy atom. The second-order valence-corrected chi connectivity index (χ2v) is 4.54. The van der Waals surface area contributed by atoms with Crippen LogP contribution >= 0.6 is 22.6 Å². The van der Waals surface area contributed by atoms with E-state index in [9.17, 15) is 4.79 Å². The van der Waals surface area contributed by atoms with Crippen molar-refractivity contribution >= 4 is 41.1 Å². The Morgan fingerprint density at radius 2 is 2.12 bits per heavy atom. The number of nitrogens with two attached hydrogens (primary N) is 1. The lowest BCUT2D eigenvalue weighted by Gasteiger charge is -2.09. The molecular formula is C9H11BINO4. The van der Waals surface area contributed by atoms with E-state index in [4.69, 9.17) is 20.9 Å². The molecule has 0 aliphatic heterocycles. The largest absolute Gasteiger partial charge is 0.488 e. The van der Waals surface area contributed by atoms with Gasteiger partial charge in [-0.05, 0) is 46.1 Å². The van der Waals surface area contributed by atoms with E-state index in [-0.39, 0.29) is 6.42 Å². The van der Waals surface area contributed by atoms with Gasteiger partial charge in [0.1, 0.15) is 6.04 Å². The van der Waals surface area contributed by atoms with Crippen molar-refractivity contribution in [2.45, 2.75) is 12.5 Å². The molecule has 16 heavy (non-hydrogen) atoms. The van der Waals surface area contributed by atoms with Crippen LogP contribution in [-0.2, 0) is 11.2 Å². The fourth-order valence-corrected chi connectivity index (χ4v) is 1.97. The number of rotatable bonds is 4. The number of hydrogen-bond acceptors (Lipinski definition) is 4. The Bertz CT molecular complexity index is 399. The average Bonchev–Trinajstić information content (AvgIpc) is 2.20. The van der Waals surface area contributed by atoms with E-state index >= 15 is 0 Å². The fourth-order valence-electron chi connectivity index (χ4n) is 1.21. The van der Waals surface area contributed by atoms with Crippen molar-refractivity contribution < 1.29 is 19.9 Å². The van der Waals surface area contributed by atoms with Crippen molar-refractivity contribution in [3.05, 3.63) is 27.3 Å². The zero-order valence-corrected chi connectivity index (χ0v) is 10.5. The Morgan fingerprint density at radius 3 is 2.56 bits per heavy atom. The SMILES string of the molecule is N[C@@H](Cc1ccc(B(O)O)cc1I)C(=O)O. The van der Waals surface area contributed by atoms with Crippen molar-refractivity contribution in [1.29, 1.82) is 0 Å². The van der Waals surface area contributed by atoms with Crippen molar-refractivity contribution in [3.63, 3.8) is 0 Å². The van der Waals surface area contributed by atoms with Gasteiger partial charge < -0.3 is 20.9 Å². The summed E-state index contributed by atoms with van der Waals surface area (Å²) in [7, 11) is -1.52. The van der Waals surface area contributed by atoms with Crippen LogP contribution in [0, 0.1) is 3.57 Å². The van der Waals surface area contributed by atoms with Gasteiger partial charge in [0.05, 0.1) is 0 Å². The molecule has 0 fully saturated rings. The van der Waals surface area contributed by atoms with Crippen LogP contribution in [-0.4, -0.2) is 34.3 Å². The Hall–Kier alpha value is -0.635. The number of hydrogen-bond donors (Lipinski definition) is 4. The molecule has 0 amide bonds. The van der Waals surface area contributed by atoms with E-state index in [1.54, 1.807) is 12.1 Å². The average molecular weight is 335 g/mol. The summed E-state index contributed by atoms with van der Waals surface area (Å²) in [4.78, 5) is 10.6.